The van der Waals surface area contributed by atoms with Gasteiger partial charge in [-0.05, 0) is 37.1 Å². The second-order valence-electron chi connectivity index (χ2n) is 7.13. The fourth-order valence-electron chi connectivity index (χ4n) is 2.96. The molecule has 3 rings (SSSR count). The van der Waals surface area contributed by atoms with Crippen molar-refractivity contribution < 1.29 is 9.59 Å². The number of hydrogen-bond acceptors (Lipinski definition) is 5. The molecule has 8 heteroatoms. The van der Waals surface area contributed by atoms with Gasteiger partial charge in [-0.3, -0.25) is 19.0 Å². The van der Waals surface area contributed by atoms with Gasteiger partial charge >= 0.3 is 0 Å². The lowest BCUT2D eigenvalue weighted by Crippen LogP contribution is -2.27. The van der Waals surface area contributed by atoms with Crippen LogP contribution in [0.25, 0.3) is 10.2 Å². The quantitative estimate of drug-likeness (QED) is 0.674. The molecule has 1 N–H and O–H groups in total. The van der Waals surface area contributed by atoms with Gasteiger partial charge in [0.05, 0.1) is 11.7 Å². The van der Waals surface area contributed by atoms with E-state index in [0.29, 0.717) is 17.5 Å². The number of fused-ring (bicyclic) bond motifs is 1. The Morgan fingerprint density at radius 3 is 2.52 bits per heavy atom. The average Bonchev–Trinajstić information content (AvgIpc) is 3.00. The van der Waals surface area contributed by atoms with Gasteiger partial charge in [0, 0.05) is 44.0 Å². The molecular formula is C21H24N4O3S. The van der Waals surface area contributed by atoms with Gasteiger partial charge in [0.2, 0.25) is 5.91 Å². The van der Waals surface area contributed by atoms with E-state index in [9.17, 15) is 14.4 Å². The second-order valence-corrected chi connectivity index (χ2v) is 8.33. The van der Waals surface area contributed by atoms with Crippen molar-refractivity contribution >= 4 is 33.4 Å². The van der Waals surface area contributed by atoms with Gasteiger partial charge in [0.1, 0.15) is 4.83 Å². The summed E-state index contributed by atoms with van der Waals surface area (Å²) >= 11 is 1.51. The SMILES string of the molecule is Cc1sc2ncn(CCC(=O)NCc3ccc(C(=O)N(C)C)cc3)c(=O)c2c1C. The van der Waals surface area contributed by atoms with Crippen LogP contribution in [-0.4, -0.2) is 40.4 Å². The Morgan fingerprint density at radius 1 is 1.17 bits per heavy atom. The first kappa shape index (κ1) is 20.7. The molecule has 1 aromatic carbocycles. The molecule has 0 fully saturated rings. The topological polar surface area (TPSA) is 84.3 Å². The Labute approximate surface area is 173 Å². The molecule has 0 radical (unpaired) electrons. The molecule has 0 bridgehead atoms. The molecule has 0 aliphatic rings. The van der Waals surface area contributed by atoms with Gasteiger partial charge in [0.15, 0.2) is 0 Å². The predicted molar refractivity (Wildman–Crippen MR) is 114 cm³/mol. The molecule has 0 saturated carbocycles. The normalized spacial score (nSPS) is 10.9. The molecule has 2 heterocycles. The Balaban J connectivity index is 1.57. The molecule has 2 aromatic heterocycles. The maximum absolute atomic E-state index is 12.7. The number of carbonyl (C=O) groups excluding carboxylic acids is 2. The average molecular weight is 413 g/mol. The molecule has 0 unspecified atom stereocenters. The van der Waals surface area contributed by atoms with E-state index in [1.807, 2.05) is 26.0 Å². The van der Waals surface area contributed by atoms with Crippen molar-refractivity contribution in [3.05, 3.63) is 62.5 Å². The number of hydrogen-bond donors (Lipinski definition) is 1. The molecule has 0 spiro atoms. The molecule has 0 aliphatic carbocycles. The molecular weight excluding hydrogens is 388 g/mol. The first-order valence-corrected chi connectivity index (χ1v) is 10.1. The van der Waals surface area contributed by atoms with Gasteiger partial charge in [-0.2, -0.15) is 0 Å². The third-order valence-electron chi connectivity index (χ3n) is 4.83. The standard InChI is InChI=1S/C21H24N4O3S/c1-13-14(2)29-19-18(13)21(28)25(12-23-19)10-9-17(26)22-11-15-5-7-16(8-6-15)20(27)24(3)4/h5-8,12H,9-11H2,1-4H3,(H,22,26). The fraction of sp³-hybridized carbons (Fsp3) is 0.333. The predicted octanol–water partition coefficient (Wildman–Crippen LogP) is 2.48. The smallest absolute Gasteiger partial charge is 0.262 e. The zero-order valence-electron chi connectivity index (χ0n) is 17.0. The summed E-state index contributed by atoms with van der Waals surface area (Å²) in [5, 5.41) is 3.49. The largest absolute Gasteiger partial charge is 0.352 e. The highest BCUT2D eigenvalue weighted by Gasteiger charge is 2.13. The lowest BCUT2D eigenvalue weighted by Gasteiger charge is -2.11. The summed E-state index contributed by atoms with van der Waals surface area (Å²) in [5.41, 5.74) is 2.35. The second kappa shape index (κ2) is 8.57. The molecule has 0 atom stereocenters. The highest BCUT2D eigenvalue weighted by Crippen LogP contribution is 2.25. The number of rotatable bonds is 6. The van der Waals surface area contributed by atoms with E-state index >= 15 is 0 Å². The molecule has 0 aliphatic heterocycles. The van der Waals surface area contributed by atoms with Gasteiger partial charge in [0.25, 0.3) is 11.5 Å². The number of aromatic nitrogens is 2. The minimum Gasteiger partial charge on any atom is -0.352 e. The van der Waals surface area contributed by atoms with Crippen molar-refractivity contribution in [2.75, 3.05) is 14.1 Å². The fourth-order valence-corrected chi connectivity index (χ4v) is 3.95. The Morgan fingerprint density at radius 2 is 1.86 bits per heavy atom. The summed E-state index contributed by atoms with van der Waals surface area (Å²) in [6, 6.07) is 7.13. The zero-order valence-corrected chi connectivity index (χ0v) is 17.8. The van der Waals surface area contributed by atoms with E-state index in [1.165, 1.54) is 27.1 Å². The van der Waals surface area contributed by atoms with Crippen molar-refractivity contribution in [3.8, 4) is 0 Å². The number of benzene rings is 1. The number of nitrogens with zero attached hydrogens (tertiary/aromatic N) is 3. The van der Waals surface area contributed by atoms with Crippen molar-refractivity contribution in [2.24, 2.45) is 0 Å². The van der Waals surface area contributed by atoms with Gasteiger partial charge in [-0.1, -0.05) is 12.1 Å². The van der Waals surface area contributed by atoms with Crippen LogP contribution in [0.5, 0.6) is 0 Å². The molecule has 29 heavy (non-hydrogen) atoms. The molecule has 152 valence electrons. The van der Waals surface area contributed by atoms with E-state index in [-0.39, 0.29) is 30.3 Å². The summed E-state index contributed by atoms with van der Waals surface area (Å²) in [4.78, 5) is 44.4. The van der Waals surface area contributed by atoms with E-state index in [1.54, 1.807) is 26.2 Å². The molecule has 7 nitrogen and oxygen atoms in total. The Bertz CT molecular complexity index is 1110. The van der Waals surface area contributed by atoms with Crippen LogP contribution in [0.1, 0.15) is 32.8 Å². The van der Waals surface area contributed by atoms with E-state index < -0.39 is 0 Å². The number of aryl methyl sites for hydroxylation is 3. The summed E-state index contributed by atoms with van der Waals surface area (Å²) in [6.45, 7) is 4.54. The van der Waals surface area contributed by atoms with E-state index in [4.69, 9.17) is 0 Å². The van der Waals surface area contributed by atoms with Crippen molar-refractivity contribution in [1.82, 2.24) is 19.8 Å². The van der Waals surface area contributed by atoms with Gasteiger partial charge < -0.3 is 10.2 Å². The van der Waals surface area contributed by atoms with E-state index in [2.05, 4.69) is 10.3 Å². The third-order valence-corrected chi connectivity index (χ3v) is 5.95. The summed E-state index contributed by atoms with van der Waals surface area (Å²) in [6.07, 6.45) is 1.69. The first-order chi connectivity index (χ1) is 13.8. The summed E-state index contributed by atoms with van der Waals surface area (Å²) in [7, 11) is 3.41. The van der Waals surface area contributed by atoms with Crippen LogP contribution < -0.4 is 10.9 Å². The summed E-state index contributed by atoms with van der Waals surface area (Å²) in [5.74, 6) is -0.212. The Kier molecular flexibility index (Phi) is 6.12. The van der Waals surface area contributed by atoms with Crippen LogP contribution in [0.3, 0.4) is 0 Å². The summed E-state index contributed by atoms with van der Waals surface area (Å²) < 4.78 is 1.49. The van der Waals surface area contributed by atoms with Crippen LogP contribution in [0.2, 0.25) is 0 Å². The highest BCUT2D eigenvalue weighted by atomic mass is 32.1. The molecule has 2 amide bonds. The van der Waals surface area contributed by atoms with Crippen molar-refractivity contribution in [2.45, 2.75) is 33.4 Å². The van der Waals surface area contributed by atoms with Crippen molar-refractivity contribution in [3.63, 3.8) is 0 Å². The Hall–Kier alpha value is -3.00. The van der Waals surface area contributed by atoms with Crippen LogP contribution in [0.15, 0.2) is 35.4 Å². The van der Waals surface area contributed by atoms with Crippen LogP contribution >= 0.6 is 11.3 Å². The highest BCUT2D eigenvalue weighted by molar-refractivity contribution is 7.18. The molecule has 3 aromatic rings. The molecule has 0 saturated heterocycles. The maximum Gasteiger partial charge on any atom is 0.262 e. The van der Waals surface area contributed by atoms with Crippen LogP contribution in [-0.2, 0) is 17.9 Å². The monoisotopic (exact) mass is 412 g/mol. The van der Waals surface area contributed by atoms with Gasteiger partial charge in [-0.25, -0.2) is 4.98 Å². The van der Waals surface area contributed by atoms with Crippen LogP contribution in [0, 0.1) is 13.8 Å². The van der Waals surface area contributed by atoms with E-state index in [0.717, 1.165) is 20.8 Å². The minimum atomic E-state index is -0.149. The lowest BCUT2D eigenvalue weighted by molar-refractivity contribution is -0.121. The minimum absolute atomic E-state index is 0.0624. The zero-order chi connectivity index (χ0) is 21.1. The first-order valence-electron chi connectivity index (χ1n) is 9.30. The van der Waals surface area contributed by atoms with Crippen LogP contribution in [0.4, 0.5) is 0 Å². The van der Waals surface area contributed by atoms with Gasteiger partial charge in [-0.15, -0.1) is 11.3 Å². The number of nitrogens with one attached hydrogen (secondary N) is 1. The third kappa shape index (κ3) is 4.54. The number of carbonyl (C=O) groups is 2. The number of thiophene rings is 1. The number of amides is 2. The van der Waals surface area contributed by atoms with Crippen molar-refractivity contribution in [1.29, 1.82) is 0 Å². The lowest BCUT2D eigenvalue weighted by atomic mass is 10.1. The maximum atomic E-state index is 12.7.